The van der Waals surface area contributed by atoms with Gasteiger partial charge in [0.2, 0.25) is 5.82 Å². The molecule has 8 heteroatoms. The summed E-state index contributed by atoms with van der Waals surface area (Å²) in [4.78, 5) is 25.2. The van der Waals surface area contributed by atoms with Crippen LogP contribution < -0.4 is 10.2 Å². The molecule has 0 fully saturated rings. The van der Waals surface area contributed by atoms with Gasteiger partial charge in [-0.15, -0.1) is 0 Å². The number of hydrogen-bond acceptors (Lipinski definition) is 7. The molecule has 0 saturated carbocycles. The van der Waals surface area contributed by atoms with E-state index in [9.17, 15) is 10.1 Å². The van der Waals surface area contributed by atoms with E-state index in [1.54, 1.807) is 48.6 Å². The average molecular weight is 322 g/mol. The van der Waals surface area contributed by atoms with Crippen LogP contribution in [0.3, 0.4) is 0 Å². The molecular formula is C16H14N6O2. The number of aromatic nitrogens is 3. The summed E-state index contributed by atoms with van der Waals surface area (Å²) in [5.41, 5.74) is -0.126. The zero-order chi connectivity index (χ0) is 16.9. The van der Waals surface area contributed by atoms with Crippen LogP contribution in [0.5, 0.6) is 0 Å². The molecule has 0 aliphatic carbocycles. The number of nitrogens with one attached hydrogen (secondary N) is 1. The van der Waals surface area contributed by atoms with Crippen LogP contribution in [0.25, 0.3) is 0 Å². The molecule has 0 unspecified atom stereocenters. The molecule has 0 aliphatic heterocycles. The second kappa shape index (κ2) is 6.69. The van der Waals surface area contributed by atoms with E-state index >= 15 is 0 Å². The summed E-state index contributed by atoms with van der Waals surface area (Å²) in [7, 11) is 1.79. The third-order valence-electron chi connectivity index (χ3n) is 3.30. The molecular weight excluding hydrogens is 308 g/mol. The maximum absolute atomic E-state index is 11.2. The maximum Gasteiger partial charge on any atom is 0.311 e. The minimum absolute atomic E-state index is 0.124. The Labute approximate surface area is 138 Å². The number of rotatable bonds is 5. The van der Waals surface area contributed by atoms with Crippen LogP contribution in [0.1, 0.15) is 0 Å². The first-order valence-corrected chi connectivity index (χ1v) is 7.13. The number of nitrogens with zero attached hydrogens (tertiary/aromatic N) is 5. The van der Waals surface area contributed by atoms with Gasteiger partial charge in [0.15, 0.2) is 0 Å². The molecule has 1 N–H and O–H groups in total. The average Bonchev–Trinajstić information content (AvgIpc) is 2.62. The molecule has 0 radical (unpaired) electrons. The van der Waals surface area contributed by atoms with Crippen molar-refractivity contribution in [3.8, 4) is 0 Å². The summed E-state index contributed by atoms with van der Waals surface area (Å²) in [6.07, 6.45) is 3.27. The van der Waals surface area contributed by atoms with Crippen molar-refractivity contribution < 1.29 is 4.92 Å². The molecule has 0 spiro atoms. The van der Waals surface area contributed by atoms with E-state index in [-0.39, 0.29) is 11.5 Å². The van der Waals surface area contributed by atoms with Crippen LogP contribution in [-0.4, -0.2) is 26.9 Å². The fraction of sp³-hybridized carbons (Fsp3) is 0.0625. The fourth-order valence-electron chi connectivity index (χ4n) is 2.10. The minimum atomic E-state index is -0.483. The molecule has 0 bridgehead atoms. The van der Waals surface area contributed by atoms with Crippen molar-refractivity contribution in [3.05, 3.63) is 71.0 Å². The Balaban J connectivity index is 1.98. The number of nitro groups is 1. The number of pyridine rings is 3. The predicted octanol–water partition coefficient (Wildman–Crippen LogP) is 3.29. The summed E-state index contributed by atoms with van der Waals surface area (Å²) in [6, 6.07) is 13.7. The zero-order valence-corrected chi connectivity index (χ0v) is 12.8. The topological polar surface area (TPSA) is 97.1 Å². The smallest absolute Gasteiger partial charge is 0.311 e. The largest absolute Gasteiger partial charge is 0.319 e. The standard InChI is InChI=1S/C16H14N6O2/c1-21(14-7-3-5-11-18-14)15-9-8-12(22(23)24)16(20-15)19-13-6-2-4-10-17-13/h2-11H,1H3,(H,17,19,20). The van der Waals surface area contributed by atoms with E-state index in [4.69, 9.17) is 0 Å². The molecule has 0 amide bonds. The molecule has 0 atom stereocenters. The van der Waals surface area contributed by atoms with Gasteiger partial charge in [0.05, 0.1) is 4.92 Å². The van der Waals surface area contributed by atoms with Crippen molar-refractivity contribution in [1.82, 2.24) is 15.0 Å². The van der Waals surface area contributed by atoms with Gasteiger partial charge < -0.3 is 10.2 Å². The molecule has 8 nitrogen and oxygen atoms in total. The fourth-order valence-corrected chi connectivity index (χ4v) is 2.10. The van der Waals surface area contributed by atoms with Crippen molar-refractivity contribution in [2.45, 2.75) is 0 Å². The highest BCUT2D eigenvalue weighted by Crippen LogP contribution is 2.29. The first-order chi connectivity index (χ1) is 11.6. The molecule has 0 saturated heterocycles. The maximum atomic E-state index is 11.2. The van der Waals surface area contributed by atoms with E-state index in [2.05, 4.69) is 20.3 Å². The van der Waals surface area contributed by atoms with Gasteiger partial charge in [-0.3, -0.25) is 10.1 Å². The van der Waals surface area contributed by atoms with Gasteiger partial charge in [-0.25, -0.2) is 15.0 Å². The van der Waals surface area contributed by atoms with Crippen LogP contribution in [0.15, 0.2) is 60.9 Å². The van der Waals surface area contributed by atoms with Crippen LogP contribution in [-0.2, 0) is 0 Å². The van der Waals surface area contributed by atoms with E-state index in [0.29, 0.717) is 17.5 Å². The SMILES string of the molecule is CN(c1ccccn1)c1ccc([N+](=O)[O-])c(Nc2ccccn2)n1. The molecule has 3 rings (SSSR count). The lowest BCUT2D eigenvalue weighted by atomic mass is 10.3. The Kier molecular flexibility index (Phi) is 4.28. The summed E-state index contributed by atoms with van der Waals surface area (Å²) in [5.74, 6) is 1.81. The zero-order valence-electron chi connectivity index (χ0n) is 12.8. The highest BCUT2D eigenvalue weighted by atomic mass is 16.6. The summed E-state index contributed by atoms with van der Waals surface area (Å²) in [5, 5.41) is 14.1. The summed E-state index contributed by atoms with van der Waals surface area (Å²) in [6.45, 7) is 0. The van der Waals surface area contributed by atoms with Gasteiger partial charge in [-0.05, 0) is 30.3 Å². The Morgan fingerprint density at radius 3 is 2.38 bits per heavy atom. The van der Waals surface area contributed by atoms with Gasteiger partial charge in [0, 0.05) is 25.5 Å². The lowest BCUT2D eigenvalue weighted by Crippen LogP contribution is -2.13. The molecule has 24 heavy (non-hydrogen) atoms. The minimum Gasteiger partial charge on any atom is -0.319 e. The van der Waals surface area contributed by atoms with Crippen molar-refractivity contribution in [2.24, 2.45) is 0 Å². The molecule has 0 aromatic carbocycles. The molecule has 120 valence electrons. The second-order valence-corrected chi connectivity index (χ2v) is 4.88. The number of anilines is 4. The normalized spacial score (nSPS) is 10.2. The van der Waals surface area contributed by atoms with Gasteiger partial charge in [0.1, 0.15) is 17.5 Å². The van der Waals surface area contributed by atoms with Gasteiger partial charge in [-0.1, -0.05) is 12.1 Å². The monoisotopic (exact) mass is 322 g/mol. The Morgan fingerprint density at radius 2 is 1.75 bits per heavy atom. The molecule has 3 aromatic heterocycles. The van der Waals surface area contributed by atoms with Gasteiger partial charge in [-0.2, -0.15) is 0 Å². The Morgan fingerprint density at radius 1 is 1.00 bits per heavy atom. The highest BCUT2D eigenvalue weighted by Gasteiger charge is 2.18. The van der Waals surface area contributed by atoms with Gasteiger partial charge in [0.25, 0.3) is 0 Å². The van der Waals surface area contributed by atoms with Gasteiger partial charge >= 0.3 is 5.69 Å². The molecule has 3 heterocycles. The third-order valence-corrected chi connectivity index (χ3v) is 3.30. The lowest BCUT2D eigenvalue weighted by molar-refractivity contribution is -0.384. The summed E-state index contributed by atoms with van der Waals surface area (Å²) < 4.78 is 0. The van der Waals surface area contributed by atoms with E-state index in [1.165, 1.54) is 6.07 Å². The molecule has 3 aromatic rings. The summed E-state index contributed by atoms with van der Waals surface area (Å²) >= 11 is 0. The number of hydrogen-bond donors (Lipinski definition) is 1. The van der Waals surface area contributed by atoms with Crippen LogP contribution in [0.4, 0.5) is 29.0 Å². The predicted molar refractivity (Wildman–Crippen MR) is 90.7 cm³/mol. The highest BCUT2D eigenvalue weighted by molar-refractivity contribution is 5.68. The first-order valence-electron chi connectivity index (χ1n) is 7.13. The Bertz CT molecular complexity index is 842. The van der Waals surface area contributed by atoms with Crippen LogP contribution in [0, 0.1) is 10.1 Å². The first kappa shape index (κ1) is 15.3. The Hall–Kier alpha value is -3.55. The van der Waals surface area contributed by atoms with Crippen LogP contribution >= 0.6 is 0 Å². The van der Waals surface area contributed by atoms with Crippen molar-refractivity contribution in [3.63, 3.8) is 0 Å². The van der Waals surface area contributed by atoms with Crippen molar-refractivity contribution in [1.29, 1.82) is 0 Å². The lowest BCUT2D eigenvalue weighted by Gasteiger charge is -2.17. The van der Waals surface area contributed by atoms with E-state index in [0.717, 1.165) is 0 Å². The quantitative estimate of drug-likeness (QED) is 0.568. The van der Waals surface area contributed by atoms with E-state index < -0.39 is 4.92 Å². The van der Waals surface area contributed by atoms with E-state index in [1.807, 2.05) is 18.2 Å². The van der Waals surface area contributed by atoms with Crippen molar-refractivity contribution >= 4 is 29.0 Å². The third kappa shape index (κ3) is 3.27. The second-order valence-electron chi connectivity index (χ2n) is 4.88. The van der Waals surface area contributed by atoms with Crippen LogP contribution in [0.2, 0.25) is 0 Å². The van der Waals surface area contributed by atoms with Crippen molar-refractivity contribution in [2.75, 3.05) is 17.3 Å². The molecule has 0 aliphatic rings.